The van der Waals surface area contributed by atoms with Gasteiger partial charge >= 0.3 is 12.1 Å². The summed E-state index contributed by atoms with van der Waals surface area (Å²) in [5.74, 6) is -3.13. The van der Waals surface area contributed by atoms with Gasteiger partial charge in [0, 0.05) is 6.54 Å². The SMILES string of the molecule is O=C(O)CC(NC(=O)C1CCCCN1C(=O)OCc1ccc(Cl)c(Cl)c1)C(=O)CF. The zero-order valence-electron chi connectivity index (χ0n) is 15.9. The van der Waals surface area contributed by atoms with Crippen LogP contribution in [0.5, 0.6) is 0 Å². The molecule has 0 bridgehead atoms. The predicted molar refractivity (Wildman–Crippen MR) is 106 cm³/mol. The van der Waals surface area contributed by atoms with E-state index in [0.29, 0.717) is 34.9 Å². The number of ketones is 1. The standard InChI is InChI=1S/C19H21Cl2FN2O6/c20-12-5-4-11(7-13(12)21)10-30-19(29)24-6-2-1-3-15(24)18(28)23-14(8-17(26)27)16(25)9-22/h4-5,7,14-15H,1-3,6,8-10H2,(H,23,28)(H,26,27). The summed E-state index contributed by atoms with van der Waals surface area (Å²) in [6.07, 6.45) is 0.107. The second-order valence-electron chi connectivity index (χ2n) is 6.77. The average Bonchev–Trinajstić information content (AvgIpc) is 2.72. The van der Waals surface area contributed by atoms with Crippen LogP contribution < -0.4 is 5.32 Å². The van der Waals surface area contributed by atoms with Crippen molar-refractivity contribution in [3.05, 3.63) is 33.8 Å². The fourth-order valence-electron chi connectivity index (χ4n) is 3.06. The van der Waals surface area contributed by atoms with Crippen LogP contribution in [-0.4, -0.2) is 59.1 Å². The smallest absolute Gasteiger partial charge is 0.410 e. The van der Waals surface area contributed by atoms with Crippen LogP contribution in [0.3, 0.4) is 0 Å². The van der Waals surface area contributed by atoms with Gasteiger partial charge in [-0.3, -0.25) is 19.3 Å². The monoisotopic (exact) mass is 462 g/mol. The molecule has 1 saturated heterocycles. The predicted octanol–water partition coefficient (Wildman–Crippen LogP) is 2.98. The lowest BCUT2D eigenvalue weighted by Gasteiger charge is -2.34. The molecule has 2 atom stereocenters. The summed E-state index contributed by atoms with van der Waals surface area (Å²) in [7, 11) is 0. The summed E-state index contributed by atoms with van der Waals surface area (Å²) >= 11 is 11.8. The maximum absolute atomic E-state index is 12.7. The molecule has 2 amide bonds. The molecule has 1 fully saturated rings. The summed E-state index contributed by atoms with van der Waals surface area (Å²) < 4.78 is 18.0. The van der Waals surface area contributed by atoms with Gasteiger partial charge in [-0.05, 0) is 37.0 Å². The number of carboxylic acids is 1. The molecule has 2 unspecified atom stereocenters. The first kappa shape index (κ1) is 23.9. The number of rotatable bonds is 8. The van der Waals surface area contributed by atoms with Crippen molar-refractivity contribution >= 4 is 47.0 Å². The number of hydrogen-bond donors (Lipinski definition) is 2. The molecule has 1 aromatic carbocycles. The largest absolute Gasteiger partial charge is 0.481 e. The van der Waals surface area contributed by atoms with E-state index in [2.05, 4.69) is 5.32 Å². The van der Waals surface area contributed by atoms with Crippen molar-refractivity contribution in [1.82, 2.24) is 10.2 Å². The summed E-state index contributed by atoms with van der Waals surface area (Å²) in [6.45, 7) is -1.25. The lowest BCUT2D eigenvalue weighted by atomic mass is 10.0. The third-order valence-corrected chi connectivity index (χ3v) is 5.34. The topological polar surface area (TPSA) is 113 Å². The molecule has 0 aliphatic carbocycles. The molecule has 1 aliphatic rings. The van der Waals surface area contributed by atoms with Crippen LogP contribution in [0, 0.1) is 0 Å². The first-order valence-corrected chi connectivity index (χ1v) is 9.96. The average molecular weight is 463 g/mol. The van der Waals surface area contributed by atoms with Crippen molar-refractivity contribution in [2.45, 2.75) is 44.4 Å². The minimum atomic E-state index is -1.50. The van der Waals surface area contributed by atoms with Gasteiger partial charge in [-0.1, -0.05) is 29.3 Å². The Morgan fingerprint density at radius 1 is 1.23 bits per heavy atom. The Morgan fingerprint density at radius 2 is 1.97 bits per heavy atom. The normalized spacial score (nSPS) is 17.2. The number of amides is 2. The molecule has 11 heteroatoms. The number of Topliss-reactive ketones (excluding diaryl/α,β-unsaturated/α-hetero) is 1. The van der Waals surface area contributed by atoms with Gasteiger partial charge in [0.25, 0.3) is 0 Å². The molecule has 0 saturated carbocycles. The van der Waals surface area contributed by atoms with E-state index < -0.39 is 48.9 Å². The number of likely N-dealkylation sites (tertiary alicyclic amines) is 1. The van der Waals surface area contributed by atoms with Crippen molar-refractivity contribution in [2.24, 2.45) is 0 Å². The van der Waals surface area contributed by atoms with E-state index >= 15 is 0 Å². The molecular weight excluding hydrogens is 442 g/mol. The van der Waals surface area contributed by atoms with Crippen molar-refractivity contribution < 1.29 is 33.4 Å². The molecule has 0 spiro atoms. The van der Waals surface area contributed by atoms with E-state index in [9.17, 15) is 23.6 Å². The Kier molecular flexibility index (Phi) is 8.86. The molecule has 1 heterocycles. The summed E-state index contributed by atoms with van der Waals surface area (Å²) in [5, 5.41) is 11.8. The van der Waals surface area contributed by atoms with Crippen LogP contribution >= 0.6 is 23.2 Å². The summed E-state index contributed by atoms with van der Waals surface area (Å²) in [4.78, 5) is 48.9. The third-order valence-electron chi connectivity index (χ3n) is 4.60. The van der Waals surface area contributed by atoms with E-state index in [1.807, 2.05) is 0 Å². The van der Waals surface area contributed by atoms with Gasteiger partial charge < -0.3 is 15.2 Å². The van der Waals surface area contributed by atoms with Crippen LogP contribution in [0.15, 0.2) is 18.2 Å². The fraction of sp³-hybridized carbons (Fsp3) is 0.474. The van der Waals surface area contributed by atoms with Crippen LogP contribution in [0.25, 0.3) is 0 Å². The molecule has 1 aliphatic heterocycles. The first-order valence-electron chi connectivity index (χ1n) is 9.21. The molecule has 30 heavy (non-hydrogen) atoms. The highest BCUT2D eigenvalue weighted by Crippen LogP contribution is 2.24. The van der Waals surface area contributed by atoms with Gasteiger partial charge in [-0.15, -0.1) is 0 Å². The Balaban J connectivity index is 2.03. The minimum Gasteiger partial charge on any atom is -0.481 e. The van der Waals surface area contributed by atoms with Gasteiger partial charge in [-0.25, -0.2) is 9.18 Å². The lowest BCUT2D eigenvalue weighted by molar-refractivity contribution is -0.140. The molecule has 8 nitrogen and oxygen atoms in total. The van der Waals surface area contributed by atoms with Gasteiger partial charge in [0.15, 0.2) is 5.78 Å². The van der Waals surface area contributed by atoms with Crippen molar-refractivity contribution in [1.29, 1.82) is 0 Å². The zero-order chi connectivity index (χ0) is 22.3. The molecule has 2 rings (SSSR count). The highest BCUT2D eigenvalue weighted by Gasteiger charge is 2.35. The Bertz CT molecular complexity index is 822. The van der Waals surface area contributed by atoms with Gasteiger partial charge in [0.05, 0.1) is 16.5 Å². The number of nitrogens with one attached hydrogen (secondary N) is 1. The minimum absolute atomic E-state index is 0.0947. The van der Waals surface area contributed by atoms with Crippen LogP contribution in [-0.2, 0) is 25.7 Å². The van der Waals surface area contributed by atoms with Gasteiger partial charge in [0.1, 0.15) is 25.4 Å². The number of nitrogens with zero attached hydrogens (tertiary/aromatic N) is 1. The maximum Gasteiger partial charge on any atom is 0.410 e. The van der Waals surface area contributed by atoms with E-state index in [1.165, 1.54) is 4.90 Å². The fourth-order valence-corrected chi connectivity index (χ4v) is 3.38. The quantitative estimate of drug-likeness (QED) is 0.613. The number of aliphatic carboxylic acids is 1. The third kappa shape index (κ3) is 6.56. The summed E-state index contributed by atoms with van der Waals surface area (Å²) in [6, 6.07) is 2.30. The van der Waals surface area contributed by atoms with E-state index in [0.717, 1.165) is 0 Å². The molecule has 0 radical (unpaired) electrons. The number of carboxylic acid groups (broad SMARTS) is 1. The number of carbonyl (C=O) groups is 4. The van der Waals surface area contributed by atoms with Crippen LogP contribution in [0.1, 0.15) is 31.2 Å². The highest BCUT2D eigenvalue weighted by molar-refractivity contribution is 6.42. The Hall–Kier alpha value is -2.39. The summed E-state index contributed by atoms with van der Waals surface area (Å²) in [5.41, 5.74) is 0.603. The second-order valence-corrected chi connectivity index (χ2v) is 7.58. The Labute approximate surface area is 182 Å². The molecule has 164 valence electrons. The van der Waals surface area contributed by atoms with Crippen LogP contribution in [0.2, 0.25) is 10.0 Å². The van der Waals surface area contributed by atoms with Gasteiger partial charge in [0.2, 0.25) is 5.91 Å². The number of carbonyl (C=O) groups excluding carboxylic acids is 3. The van der Waals surface area contributed by atoms with E-state index in [1.54, 1.807) is 18.2 Å². The second kappa shape index (κ2) is 11.1. The number of alkyl halides is 1. The number of ether oxygens (including phenoxy) is 1. The molecular formula is C19H21Cl2FN2O6. The maximum atomic E-state index is 12.7. The number of hydrogen-bond acceptors (Lipinski definition) is 5. The van der Waals surface area contributed by atoms with Crippen molar-refractivity contribution in [3.63, 3.8) is 0 Å². The molecule has 1 aromatic rings. The first-order chi connectivity index (χ1) is 14.2. The van der Waals surface area contributed by atoms with Gasteiger partial charge in [-0.2, -0.15) is 0 Å². The Morgan fingerprint density at radius 3 is 2.60 bits per heavy atom. The van der Waals surface area contributed by atoms with Crippen LogP contribution in [0.4, 0.5) is 9.18 Å². The van der Waals surface area contributed by atoms with E-state index in [4.69, 9.17) is 33.0 Å². The van der Waals surface area contributed by atoms with Crippen molar-refractivity contribution in [3.8, 4) is 0 Å². The molecule has 0 aromatic heterocycles. The van der Waals surface area contributed by atoms with E-state index in [-0.39, 0.29) is 13.2 Å². The van der Waals surface area contributed by atoms with Crippen molar-refractivity contribution in [2.75, 3.05) is 13.2 Å². The molecule has 2 N–H and O–H groups in total. The lowest BCUT2D eigenvalue weighted by Crippen LogP contribution is -2.55. The highest BCUT2D eigenvalue weighted by atomic mass is 35.5. The zero-order valence-corrected chi connectivity index (χ0v) is 17.4. The number of benzene rings is 1. The number of halogens is 3. The number of piperidine rings is 1.